The molecule has 0 atom stereocenters. The van der Waals surface area contributed by atoms with Gasteiger partial charge in [-0.05, 0) is 28.4 Å². The van der Waals surface area contributed by atoms with Crippen LogP contribution in [0.4, 0.5) is 0 Å². The van der Waals surface area contributed by atoms with Gasteiger partial charge in [-0.2, -0.15) is 0 Å². The Morgan fingerprint density at radius 2 is 1.82 bits per heavy atom. The predicted octanol–water partition coefficient (Wildman–Crippen LogP) is 3.74. The molecular weight excluding hydrogens is 282 g/mol. The number of allylic oxidation sites excluding steroid dienone is 1. The number of hydrogen-bond donors (Lipinski definition) is 1. The van der Waals surface area contributed by atoms with E-state index in [4.69, 9.17) is 5.53 Å². The highest BCUT2D eigenvalue weighted by Crippen LogP contribution is 2.23. The molecule has 0 bridgehead atoms. The quantitative estimate of drug-likeness (QED) is 0.305. The summed E-state index contributed by atoms with van der Waals surface area (Å²) in [5.74, 6) is -1.82. The summed E-state index contributed by atoms with van der Waals surface area (Å²) in [4.78, 5) is 26.3. The standard InChI is InChI=1S/C16H11N3O3/c17-19-18-16(22)12-7-4-8-13(20)15(12)14(21)10-9-11-5-2-1-3-6-11/h1-10,20H. The highest BCUT2D eigenvalue weighted by atomic mass is 16.3. The molecule has 2 rings (SSSR count). The molecule has 0 saturated carbocycles. The van der Waals surface area contributed by atoms with Crippen LogP contribution in [-0.2, 0) is 0 Å². The minimum atomic E-state index is -0.921. The average molecular weight is 293 g/mol. The maximum absolute atomic E-state index is 12.2. The van der Waals surface area contributed by atoms with Gasteiger partial charge in [-0.15, -0.1) is 0 Å². The van der Waals surface area contributed by atoms with Crippen molar-refractivity contribution in [2.45, 2.75) is 0 Å². The van der Waals surface area contributed by atoms with Crippen LogP contribution in [0.5, 0.6) is 5.75 Å². The number of rotatable bonds is 4. The molecule has 22 heavy (non-hydrogen) atoms. The van der Waals surface area contributed by atoms with E-state index in [1.165, 1.54) is 24.3 Å². The Kier molecular flexibility index (Phi) is 4.70. The molecule has 0 saturated heterocycles. The van der Waals surface area contributed by atoms with Gasteiger partial charge < -0.3 is 5.11 Å². The first-order chi connectivity index (χ1) is 10.6. The molecule has 6 nitrogen and oxygen atoms in total. The summed E-state index contributed by atoms with van der Waals surface area (Å²) in [6.07, 6.45) is 2.81. The third kappa shape index (κ3) is 3.39. The van der Waals surface area contributed by atoms with Gasteiger partial charge in [0.15, 0.2) is 5.78 Å². The first-order valence-electron chi connectivity index (χ1n) is 6.32. The van der Waals surface area contributed by atoms with E-state index >= 15 is 0 Å². The zero-order chi connectivity index (χ0) is 15.9. The van der Waals surface area contributed by atoms with E-state index in [1.807, 2.05) is 18.2 Å². The van der Waals surface area contributed by atoms with Crippen LogP contribution in [0.15, 0.2) is 59.7 Å². The Balaban J connectivity index is 2.39. The molecule has 108 valence electrons. The second-order valence-electron chi connectivity index (χ2n) is 4.30. The van der Waals surface area contributed by atoms with Gasteiger partial charge in [0.25, 0.3) is 0 Å². The molecule has 6 heteroatoms. The second-order valence-corrected chi connectivity index (χ2v) is 4.30. The molecule has 2 aromatic rings. The lowest BCUT2D eigenvalue weighted by Gasteiger charge is -2.05. The number of amides is 1. The fourth-order valence-corrected chi connectivity index (χ4v) is 1.89. The Labute approximate surface area is 126 Å². The number of hydrogen-bond acceptors (Lipinski definition) is 3. The van der Waals surface area contributed by atoms with Crippen LogP contribution in [0.3, 0.4) is 0 Å². The summed E-state index contributed by atoms with van der Waals surface area (Å²) in [7, 11) is 0. The number of carbonyl (C=O) groups excluding carboxylic acids is 2. The Hall–Kier alpha value is -3.37. The lowest BCUT2D eigenvalue weighted by Crippen LogP contribution is -2.05. The maximum atomic E-state index is 12.2. The van der Waals surface area contributed by atoms with Gasteiger partial charge in [0.2, 0.25) is 5.91 Å². The van der Waals surface area contributed by atoms with E-state index in [0.29, 0.717) is 0 Å². The Morgan fingerprint density at radius 1 is 1.09 bits per heavy atom. The fourth-order valence-electron chi connectivity index (χ4n) is 1.89. The molecule has 0 aliphatic heterocycles. The first kappa shape index (κ1) is 15.0. The van der Waals surface area contributed by atoms with Crippen LogP contribution in [-0.4, -0.2) is 16.8 Å². The highest BCUT2D eigenvalue weighted by molar-refractivity contribution is 6.15. The molecule has 0 aromatic heterocycles. The SMILES string of the molecule is [N-]=[N+]=NC(=O)c1cccc(O)c1C(=O)C=Cc1ccccc1. The minimum absolute atomic E-state index is 0.138. The van der Waals surface area contributed by atoms with Crippen LogP contribution < -0.4 is 0 Å². The van der Waals surface area contributed by atoms with E-state index in [-0.39, 0.29) is 16.9 Å². The highest BCUT2D eigenvalue weighted by Gasteiger charge is 2.18. The van der Waals surface area contributed by atoms with Crippen LogP contribution in [0, 0.1) is 0 Å². The number of nitrogens with zero attached hydrogens (tertiary/aromatic N) is 3. The average Bonchev–Trinajstić information content (AvgIpc) is 2.53. The summed E-state index contributed by atoms with van der Waals surface area (Å²) in [5, 5.41) is 12.8. The van der Waals surface area contributed by atoms with Gasteiger partial charge in [0.1, 0.15) is 5.75 Å². The van der Waals surface area contributed by atoms with Crippen molar-refractivity contribution < 1.29 is 14.7 Å². The summed E-state index contributed by atoms with van der Waals surface area (Å²) < 4.78 is 0. The third-order valence-electron chi connectivity index (χ3n) is 2.88. The molecule has 2 aromatic carbocycles. The monoisotopic (exact) mass is 293 g/mol. The lowest BCUT2D eigenvalue weighted by molar-refractivity contribution is 0.0982. The van der Waals surface area contributed by atoms with Gasteiger partial charge in [-0.25, -0.2) is 0 Å². The minimum Gasteiger partial charge on any atom is -0.507 e. The molecule has 0 heterocycles. The predicted molar refractivity (Wildman–Crippen MR) is 81.4 cm³/mol. The number of aromatic hydroxyl groups is 1. The van der Waals surface area contributed by atoms with Gasteiger partial charge in [-0.3, -0.25) is 9.59 Å². The first-order valence-corrected chi connectivity index (χ1v) is 6.32. The van der Waals surface area contributed by atoms with Crippen molar-refractivity contribution in [1.82, 2.24) is 0 Å². The Morgan fingerprint density at radius 3 is 2.50 bits per heavy atom. The summed E-state index contributed by atoms with van der Waals surface area (Å²) in [5.41, 5.74) is 8.80. The van der Waals surface area contributed by atoms with Crippen molar-refractivity contribution in [2.75, 3.05) is 0 Å². The number of carbonyl (C=O) groups is 2. The van der Waals surface area contributed by atoms with Gasteiger partial charge in [-0.1, -0.05) is 48.5 Å². The van der Waals surface area contributed by atoms with Crippen LogP contribution >= 0.6 is 0 Å². The maximum Gasteiger partial charge on any atom is 0.250 e. The topological polar surface area (TPSA) is 103 Å². The van der Waals surface area contributed by atoms with Crippen molar-refractivity contribution in [3.05, 3.63) is 81.7 Å². The van der Waals surface area contributed by atoms with Crippen molar-refractivity contribution >= 4 is 17.8 Å². The van der Waals surface area contributed by atoms with Crippen LogP contribution in [0.2, 0.25) is 0 Å². The smallest absolute Gasteiger partial charge is 0.250 e. The zero-order valence-corrected chi connectivity index (χ0v) is 11.4. The van der Waals surface area contributed by atoms with Crippen molar-refractivity contribution in [3.8, 4) is 5.75 Å². The number of ketones is 1. The van der Waals surface area contributed by atoms with Crippen molar-refractivity contribution in [2.24, 2.45) is 5.11 Å². The molecule has 0 fully saturated rings. The summed E-state index contributed by atoms with van der Waals surface area (Å²) in [6.45, 7) is 0. The molecule has 1 amide bonds. The van der Waals surface area contributed by atoms with Gasteiger partial charge in [0, 0.05) is 10.5 Å². The fraction of sp³-hybridized carbons (Fsp3) is 0. The molecule has 0 aliphatic rings. The molecule has 1 N–H and O–H groups in total. The van der Waals surface area contributed by atoms with E-state index in [1.54, 1.807) is 18.2 Å². The summed E-state index contributed by atoms with van der Waals surface area (Å²) >= 11 is 0. The lowest BCUT2D eigenvalue weighted by atomic mass is 10.0. The van der Waals surface area contributed by atoms with E-state index < -0.39 is 11.7 Å². The van der Waals surface area contributed by atoms with E-state index in [2.05, 4.69) is 10.0 Å². The largest absolute Gasteiger partial charge is 0.507 e. The second kappa shape index (κ2) is 6.88. The molecular formula is C16H11N3O3. The number of azide groups is 1. The molecule has 0 aliphatic carbocycles. The van der Waals surface area contributed by atoms with E-state index in [9.17, 15) is 14.7 Å². The Bertz CT molecular complexity index is 792. The number of phenolic OH excluding ortho intramolecular Hbond substituents is 1. The number of benzene rings is 2. The third-order valence-corrected chi connectivity index (χ3v) is 2.88. The van der Waals surface area contributed by atoms with Crippen LogP contribution in [0.25, 0.3) is 16.5 Å². The number of phenols is 1. The van der Waals surface area contributed by atoms with E-state index in [0.717, 1.165) is 5.56 Å². The molecule has 0 spiro atoms. The van der Waals surface area contributed by atoms with Gasteiger partial charge >= 0.3 is 0 Å². The van der Waals surface area contributed by atoms with Crippen molar-refractivity contribution in [1.29, 1.82) is 0 Å². The molecule has 0 radical (unpaired) electrons. The normalized spacial score (nSPS) is 10.2. The molecule has 0 unspecified atom stereocenters. The van der Waals surface area contributed by atoms with Crippen LogP contribution in [0.1, 0.15) is 26.3 Å². The van der Waals surface area contributed by atoms with Crippen molar-refractivity contribution in [3.63, 3.8) is 0 Å². The van der Waals surface area contributed by atoms with Gasteiger partial charge in [0.05, 0.1) is 5.56 Å². The zero-order valence-electron chi connectivity index (χ0n) is 11.4. The summed E-state index contributed by atoms with van der Waals surface area (Å²) in [6, 6.07) is 13.1.